The second kappa shape index (κ2) is 7.85. The van der Waals surface area contributed by atoms with Crippen molar-refractivity contribution in [2.75, 3.05) is 13.2 Å². The Labute approximate surface area is 159 Å². The van der Waals surface area contributed by atoms with Gasteiger partial charge >= 0.3 is 0 Å². The number of rotatable bonds is 5. The van der Waals surface area contributed by atoms with Crippen molar-refractivity contribution in [1.29, 1.82) is 0 Å². The third kappa shape index (κ3) is 3.43. The van der Waals surface area contributed by atoms with Crippen molar-refractivity contribution >= 4 is 33.4 Å². The summed E-state index contributed by atoms with van der Waals surface area (Å²) in [6.45, 7) is 0.148. The number of carbonyl (C=O) groups is 2. The summed E-state index contributed by atoms with van der Waals surface area (Å²) in [7, 11) is 0. The lowest BCUT2D eigenvalue weighted by Gasteiger charge is -2.25. The summed E-state index contributed by atoms with van der Waals surface area (Å²) in [5, 5.41) is 19.9. The molecule has 0 bridgehead atoms. The minimum absolute atomic E-state index is 0.0708. The van der Waals surface area contributed by atoms with Crippen LogP contribution in [0.4, 0.5) is 0 Å². The Balaban J connectivity index is 2.14. The first-order valence-corrected chi connectivity index (χ1v) is 9.04. The Morgan fingerprint density at radius 2 is 1.69 bits per heavy atom. The molecule has 1 fully saturated rings. The minimum atomic E-state index is -0.711. The maximum Gasteiger partial charge on any atom is 0.295 e. The molecule has 5 nitrogen and oxygen atoms in total. The SMILES string of the molecule is O=C1C(=O)N(CCCO)C(c2ccccc2)/C1=C(\O)c1ccc(Br)cc1. The number of hydrogen-bond donors (Lipinski definition) is 2. The molecule has 1 aliphatic heterocycles. The van der Waals surface area contributed by atoms with Crippen LogP contribution >= 0.6 is 15.9 Å². The molecule has 1 atom stereocenters. The van der Waals surface area contributed by atoms with Gasteiger partial charge in [0.05, 0.1) is 11.6 Å². The molecule has 0 radical (unpaired) electrons. The molecule has 2 aromatic carbocycles. The topological polar surface area (TPSA) is 77.8 Å². The van der Waals surface area contributed by atoms with Crippen LogP contribution in [0.1, 0.15) is 23.6 Å². The zero-order chi connectivity index (χ0) is 18.7. The first kappa shape index (κ1) is 18.4. The maximum atomic E-state index is 12.7. The predicted octanol–water partition coefficient (Wildman–Crippen LogP) is 3.25. The molecule has 1 amide bonds. The van der Waals surface area contributed by atoms with Crippen LogP contribution in [0.5, 0.6) is 0 Å². The largest absolute Gasteiger partial charge is 0.507 e. The lowest BCUT2D eigenvalue weighted by atomic mass is 9.95. The van der Waals surface area contributed by atoms with Crippen LogP contribution in [-0.4, -0.2) is 40.0 Å². The number of halogens is 1. The first-order valence-electron chi connectivity index (χ1n) is 8.24. The van der Waals surface area contributed by atoms with E-state index in [0.717, 1.165) is 10.0 Å². The molecule has 0 aliphatic carbocycles. The van der Waals surface area contributed by atoms with Gasteiger partial charge in [0.15, 0.2) is 0 Å². The summed E-state index contributed by atoms with van der Waals surface area (Å²) in [6, 6.07) is 15.3. The summed E-state index contributed by atoms with van der Waals surface area (Å²) in [5.41, 5.74) is 1.28. The van der Waals surface area contributed by atoms with Gasteiger partial charge in [0.25, 0.3) is 11.7 Å². The monoisotopic (exact) mass is 415 g/mol. The van der Waals surface area contributed by atoms with Gasteiger partial charge in [-0.15, -0.1) is 0 Å². The number of ketones is 1. The zero-order valence-electron chi connectivity index (χ0n) is 13.9. The molecule has 2 N–H and O–H groups in total. The highest BCUT2D eigenvalue weighted by Gasteiger charge is 2.45. The molecule has 0 aromatic heterocycles. The zero-order valence-corrected chi connectivity index (χ0v) is 15.5. The number of Topliss-reactive ketones (excluding diaryl/α,β-unsaturated/α-hetero) is 1. The lowest BCUT2D eigenvalue weighted by molar-refractivity contribution is -0.140. The van der Waals surface area contributed by atoms with E-state index in [4.69, 9.17) is 5.11 Å². The first-order chi connectivity index (χ1) is 12.5. The number of benzene rings is 2. The van der Waals surface area contributed by atoms with Gasteiger partial charge in [-0.3, -0.25) is 9.59 Å². The van der Waals surface area contributed by atoms with Crippen LogP contribution in [0.25, 0.3) is 5.76 Å². The quantitative estimate of drug-likeness (QED) is 0.446. The number of hydrogen-bond acceptors (Lipinski definition) is 4. The molecule has 26 heavy (non-hydrogen) atoms. The average molecular weight is 416 g/mol. The van der Waals surface area contributed by atoms with Crippen LogP contribution in [0.3, 0.4) is 0 Å². The van der Waals surface area contributed by atoms with Crippen molar-refractivity contribution in [3.8, 4) is 0 Å². The number of carbonyl (C=O) groups excluding carboxylic acids is 2. The van der Waals surface area contributed by atoms with Crippen LogP contribution in [-0.2, 0) is 9.59 Å². The maximum absolute atomic E-state index is 12.7. The summed E-state index contributed by atoms with van der Waals surface area (Å²) < 4.78 is 0.844. The summed E-state index contributed by atoms with van der Waals surface area (Å²) >= 11 is 3.34. The lowest BCUT2D eigenvalue weighted by Crippen LogP contribution is -2.31. The van der Waals surface area contributed by atoms with Gasteiger partial charge in [0, 0.05) is 23.2 Å². The second-order valence-corrected chi connectivity index (χ2v) is 6.90. The molecule has 1 heterocycles. The standard InChI is InChI=1S/C20H18BrNO4/c21-15-9-7-14(8-10-15)18(24)16-17(13-5-2-1-3-6-13)22(11-4-12-23)20(26)19(16)25/h1-3,5-10,17,23-24H,4,11-12H2/b18-16+. The van der Waals surface area contributed by atoms with Crippen molar-refractivity contribution in [3.63, 3.8) is 0 Å². The molecule has 134 valence electrons. The molecule has 6 heteroatoms. The highest BCUT2D eigenvalue weighted by Crippen LogP contribution is 2.39. The fourth-order valence-corrected chi connectivity index (χ4v) is 3.36. The van der Waals surface area contributed by atoms with Gasteiger partial charge in [0.1, 0.15) is 5.76 Å². The minimum Gasteiger partial charge on any atom is -0.507 e. The van der Waals surface area contributed by atoms with Crippen molar-refractivity contribution in [2.45, 2.75) is 12.5 Å². The Morgan fingerprint density at radius 3 is 2.31 bits per heavy atom. The number of aliphatic hydroxyl groups excluding tert-OH is 2. The van der Waals surface area contributed by atoms with Gasteiger partial charge in [0.2, 0.25) is 0 Å². The Hall–Kier alpha value is -2.44. The Bertz CT molecular complexity index is 846. The summed E-state index contributed by atoms with van der Waals surface area (Å²) in [5.74, 6) is -1.57. The number of amides is 1. The summed E-state index contributed by atoms with van der Waals surface area (Å²) in [4.78, 5) is 26.6. The fraction of sp³-hybridized carbons (Fsp3) is 0.200. The van der Waals surface area contributed by atoms with E-state index in [0.29, 0.717) is 12.0 Å². The second-order valence-electron chi connectivity index (χ2n) is 5.99. The highest BCUT2D eigenvalue weighted by atomic mass is 79.9. The van der Waals surface area contributed by atoms with Crippen molar-refractivity contribution < 1.29 is 19.8 Å². The average Bonchev–Trinajstić information content (AvgIpc) is 2.91. The molecule has 2 aromatic rings. The van der Waals surface area contributed by atoms with Crippen molar-refractivity contribution in [2.24, 2.45) is 0 Å². The smallest absolute Gasteiger partial charge is 0.295 e. The van der Waals surface area contributed by atoms with E-state index in [-0.39, 0.29) is 24.5 Å². The number of nitrogens with zero attached hydrogens (tertiary/aromatic N) is 1. The van der Waals surface area contributed by atoms with Crippen LogP contribution in [0.2, 0.25) is 0 Å². The van der Waals surface area contributed by atoms with Gasteiger partial charge in [-0.1, -0.05) is 58.4 Å². The van der Waals surface area contributed by atoms with E-state index in [1.54, 1.807) is 24.3 Å². The van der Waals surface area contributed by atoms with E-state index < -0.39 is 17.7 Å². The predicted molar refractivity (Wildman–Crippen MR) is 101 cm³/mol. The summed E-state index contributed by atoms with van der Waals surface area (Å²) in [6.07, 6.45) is 0.356. The molecule has 1 unspecified atom stereocenters. The van der Waals surface area contributed by atoms with Crippen LogP contribution in [0.15, 0.2) is 64.6 Å². The van der Waals surface area contributed by atoms with Crippen LogP contribution < -0.4 is 0 Å². The molecule has 0 saturated carbocycles. The van der Waals surface area contributed by atoms with E-state index in [1.165, 1.54) is 4.90 Å². The highest BCUT2D eigenvalue weighted by molar-refractivity contribution is 9.10. The molecule has 0 spiro atoms. The molecule has 3 rings (SSSR count). The molecule has 1 aliphatic rings. The fourth-order valence-electron chi connectivity index (χ4n) is 3.10. The van der Waals surface area contributed by atoms with E-state index >= 15 is 0 Å². The van der Waals surface area contributed by atoms with Gasteiger partial charge < -0.3 is 15.1 Å². The van der Waals surface area contributed by atoms with E-state index in [9.17, 15) is 14.7 Å². The Morgan fingerprint density at radius 1 is 1.04 bits per heavy atom. The van der Waals surface area contributed by atoms with E-state index in [2.05, 4.69) is 15.9 Å². The van der Waals surface area contributed by atoms with Gasteiger partial charge in [-0.25, -0.2) is 0 Å². The van der Waals surface area contributed by atoms with E-state index in [1.807, 2.05) is 30.3 Å². The number of likely N-dealkylation sites (tertiary alicyclic amines) is 1. The number of aliphatic hydroxyl groups is 2. The van der Waals surface area contributed by atoms with Crippen LogP contribution in [0, 0.1) is 0 Å². The molecule has 1 saturated heterocycles. The molecular weight excluding hydrogens is 398 g/mol. The van der Waals surface area contributed by atoms with Crippen molar-refractivity contribution in [1.82, 2.24) is 4.90 Å². The third-order valence-corrected chi connectivity index (χ3v) is 4.86. The normalized spacial score (nSPS) is 19.2. The molecular formula is C20H18BrNO4. The Kier molecular flexibility index (Phi) is 5.54. The van der Waals surface area contributed by atoms with Gasteiger partial charge in [-0.05, 0) is 24.1 Å². The van der Waals surface area contributed by atoms with Crippen molar-refractivity contribution in [3.05, 3.63) is 75.8 Å². The third-order valence-electron chi connectivity index (χ3n) is 4.33. The van der Waals surface area contributed by atoms with Gasteiger partial charge in [-0.2, -0.15) is 0 Å².